The molecule has 0 radical (unpaired) electrons. The monoisotopic (exact) mass is 224 g/mol. The lowest BCUT2D eigenvalue weighted by molar-refractivity contribution is 0.302. The quantitative estimate of drug-likeness (QED) is 0.656. The number of rotatable bonds is 8. The number of H-pyrrole nitrogens is 1. The summed E-state index contributed by atoms with van der Waals surface area (Å²) in [6.07, 6.45) is 0.996. The van der Waals surface area contributed by atoms with Crippen molar-refractivity contribution >= 4 is 0 Å². The molecule has 1 aromatic rings. The van der Waals surface area contributed by atoms with Crippen LogP contribution in [-0.4, -0.2) is 41.3 Å². The zero-order chi connectivity index (χ0) is 11.8. The molecule has 0 bridgehead atoms. The van der Waals surface area contributed by atoms with Crippen LogP contribution in [0.2, 0.25) is 0 Å². The zero-order valence-electron chi connectivity index (χ0n) is 10.7. The molecule has 1 heterocycles. The van der Waals surface area contributed by atoms with Crippen molar-refractivity contribution in [3.63, 3.8) is 0 Å². The number of aromatic amines is 1. The van der Waals surface area contributed by atoms with Gasteiger partial charge in [0.1, 0.15) is 0 Å². The van der Waals surface area contributed by atoms with Crippen LogP contribution in [0.5, 0.6) is 0 Å². The van der Waals surface area contributed by atoms with E-state index in [2.05, 4.69) is 47.3 Å². The predicted molar refractivity (Wildman–Crippen MR) is 67.5 cm³/mol. The van der Waals surface area contributed by atoms with E-state index in [4.69, 9.17) is 0 Å². The van der Waals surface area contributed by atoms with Crippen molar-refractivity contribution in [1.82, 2.24) is 20.4 Å². The van der Waals surface area contributed by atoms with E-state index >= 15 is 0 Å². The summed E-state index contributed by atoms with van der Waals surface area (Å²) in [6, 6.07) is 2.13. The van der Waals surface area contributed by atoms with Crippen LogP contribution in [0, 0.1) is 0 Å². The third-order valence-corrected chi connectivity index (χ3v) is 2.86. The summed E-state index contributed by atoms with van der Waals surface area (Å²) in [5, 5.41) is 10.7. The van der Waals surface area contributed by atoms with E-state index in [0.29, 0.717) is 0 Å². The Labute approximate surface area is 98.4 Å². The average molecular weight is 224 g/mol. The number of nitrogens with zero attached hydrogens (tertiary/aromatic N) is 2. The van der Waals surface area contributed by atoms with Crippen LogP contribution < -0.4 is 5.32 Å². The van der Waals surface area contributed by atoms with Gasteiger partial charge < -0.3 is 10.2 Å². The van der Waals surface area contributed by atoms with Crippen molar-refractivity contribution in [3.8, 4) is 0 Å². The van der Waals surface area contributed by atoms with E-state index in [1.165, 1.54) is 5.69 Å². The molecule has 16 heavy (non-hydrogen) atoms. The van der Waals surface area contributed by atoms with Crippen LogP contribution in [0.25, 0.3) is 0 Å². The molecule has 0 amide bonds. The fourth-order valence-corrected chi connectivity index (χ4v) is 1.68. The molecule has 0 saturated heterocycles. The molecule has 0 atom stereocenters. The summed E-state index contributed by atoms with van der Waals surface area (Å²) in [7, 11) is 0. The highest BCUT2D eigenvalue weighted by atomic mass is 15.1. The van der Waals surface area contributed by atoms with Crippen LogP contribution in [0.4, 0.5) is 0 Å². The Morgan fingerprint density at radius 3 is 2.62 bits per heavy atom. The molecule has 1 rings (SSSR count). The van der Waals surface area contributed by atoms with E-state index in [9.17, 15) is 0 Å². The third kappa shape index (κ3) is 4.33. The highest BCUT2D eigenvalue weighted by Gasteiger charge is 2.00. The molecule has 2 N–H and O–H groups in total. The van der Waals surface area contributed by atoms with E-state index in [1.807, 2.05) is 0 Å². The number of hydrogen-bond donors (Lipinski definition) is 2. The van der Waals surface area contributed by atoms with Gasteiger partial charge in [-0.05, 0) is 25.6 Å². The number of aryl methyl sites for hydroxylation is 1. The molecular formula is C12H24N4. The average Bonchev–Trinajstić information content (AvgIpc) is 2.77. The number of hydrogen-bond acceptors (Lipinski definition) is 3. The van der Waals surface area contributed by atoms with Gasteiger partial charge in [0, 0.05) is 25.3 Å². The van der Waals surface area contributed by atoms with Crippen molar-refractivity contribution in [2.45, 2.75) is 33.7 Å². The second kappa shape index (κ2) is 7.41. The Kier molecular flexibility index (Phi) is 6.11. The van der Waals surface area contributed by atoms with Gasteiger partial charge >= 0.3 is 0 Å². The van der Waals surface area contributed by atoms with E-state index in [0.717, 1.165) is 44.8 Å². The van der Waals surface area contributed by atoms with Crippen molar-refractivity contribution in [1.29, 1.82) is 0 Å². The third-order valence-electron chi connectivity index (χ3n) is 2.86. The second-order valence-electron chi connectivity index (χ2n) is 3.94. The Morgan fingerprint density at radius 1 is 1.31 bits per heavy atom. The largest absolute Gasteiger partial charge is 0.310 e. The SMILES string of the molecule is CCc1cc(CNCCN(CC)CC)[nH]n1. The van der Waals surface area contributed by atoms with Crippen molar-refractivity contribution in [3.05, 3.63) is 17.5 Å². The van der Waals surface area contributed by atoms with Gasteiger partial charge in [0.2, 0.25) is 0 Å². The van der Waals surface area contributed by atoms with E-state index in [1.54, 1.807) is 0 Å². The molecule has 0 fully saturated rings. The molecule has 4 heteroatoms. The summed E-state index contributed by atoms with van der Waals surface area (Å²) in [4.78, 5) is 2.41. The highest BCUT2D eigenvalue weighted by molar-refractivity contribution is 5.07. The molecule has 0 aromatic carbocycles. The molecule has 92 valence electrons. The molecular weight excluding hydrogens is 200 g/mol. The maximum atomic E-state index is 4.21. The summed E-state index contributed by atoms with van der Waals surface area (Å²) in [5.41, 5.74) is 2.32. The van der Waals surface area contributed by atoms with Crippen molar-refractivity contribution < 1.29 is 0 Å². The molecule has 0 aliphatic heterocycles. The zero-order valence-corrected chi connectivity index (χ0v) is 10.7. The molecule has 0 aliphatic carbocycles. The Hall–Kier alpha value is -0.870. The first-order chi connectivity index (χ1) is 7.80. The Bertz CT molecular complexity index is 278. The number of nitrogens with one attached hydrogen (secondary N) is 2. The summed E-state index contributed by atoms with van der Waals surface area (Å²) < 4.78 is 0. The predicted octanol–water partition coefficient (Wildman–Crippen LogP) is 1.40. The minimum absolute atomic E-state index is 0.883. The minimum Gasteiger partial charge on any atom is -0.310 e. The summed E-state index contributed by atoms with van der Waals surface area (Å²) >= 11 is 0. The standard InChI is InChI=1S/C12H24N4/c1-4-11-9-12(15-14-11)10-13-7-8-16(5-2)6-3/h9,13H,4-8,10H2,1-3H3,(H,14,15). The molecule has 0 spiro atoms. The van der Waals surface area contributed by atoms with Gasteiger partial charge in [0.15, 0.2) is 0 Å². The van der Waals surface area contributed by atoms with Gasteiger partial charge in [-0.15, -0.1) is 0 Å². The Balaban J connectivity index is 2.15. The topological polar surface area (TPSA) is 44.0 Å². The van der Waals surface area contributed by atoms with E-state index in [-0.39, 0.29) is 0 Å². The highest BCUT2D eigenvalue weighted by Crippen LogP contribution is 1.99. The summed E-state index contributed by atoms with van der Waals surface area (Å²) in [6.45, 7) is 11.8. The van der Waals surface area contributed by atoms with E-state index < -0.39 is 0 Å². The van der Waals surface area contributed by atoms with Crippen LogP contribution in [0.3, 0.4) is 0 Å². The first-order valence-corrected chi connectivity index (χ1v) is 6.26. The van der Waals surface area contributed by atoms with Crippen LogP contribution in [0.1, 0.15) is 32.2 Å². The van der Waals surface area contributed by atoms with Crippen molar-refractivity contribution in [2.24, 2.45) is 0 Å². The van der Waals surface area contributed by atoms with Gasteiger partial charge in [0.25, 0.3) is 0 Å². The van der Waals surface area contributed by atoms with Gasteiger partial charge in [-0.25, -0.2) is 0 Å². The van der Waals surface area contributed by atoms with Crippen LogP contribution >= 0.6 is 0 Å². The van der Waals surface area contributed by atoms with Crippen LogP contribution in [0.15, 0.2) is 6.07 Å². The molecule has 0 saturated carbocycles. The maximum absolute atomic E-state index is 4.21. The van der Waals surface area contributed by atoms with Gasteiger partial charge in [-0.2, -0.15) is 5.10 Å². The minimum atomic E-state index is 0.883. The normalized spacial score (nSPS) is 11.2. The van der Waals surface area contributed by atoms with Gasteiger partial charge in [0.05, 0.1) is 5.69 Å². The lowest BCUT2D eigenvalue weighted by Gasteiger charge is -2.17. The number of likely N-dealkylation sites (N-methyl/N-ethyl adjacent to an activating group) is 1. The molecule has 4 nitrogen and oxygen atoms in total. The maximum Gasteiger partial charge on any atom is 0.0622 e. The lowest BCUT2D eigenvalue weighted by Crippen LogP contribution is -2.31. The Morgan fingerprint density at radius 2 is 2.06 bits per heavy atom. The molecule has 0 unspecified atom stereocenters. The first kappa shape index (κ1) is 13.2. The second-order valence-corrected chi connectivity index (χ2v) is 3.94. The first-order valence-electron chi connectivity index (χ1n) is 6.26. The van der Waals surface area contributed by atoms with Gasteiger partial charge in [-0.3, -0.25) is 5.10 Å². The fourth-order valence-electron chi connectivity index (χ4n) is 1.68. The van der Waals surface area contributed by atoms with Gasteiger partial charge in [-0.1, -0.05) is 20.8 Å². The van der Waals surface area contributed by atoms with Crippen molar-refractivity contribution in [2.75, 3.05) is 26.2 Å². The van der Waals surface area contributed by atoms with Crippen LogP contribution in [-0.2, 0) is 13.0 Å². The number of aromatic nitrogens is 2. The summed E-state index contributed by atoms with van der Waals surface area (Å²) in [5.74, 6) is 0. The molecule has 1 aromatic heterocycles. The molecule has 0 aliphatic rings. The lowest BCUT2D eigenvalue weighted by atomic mass is 10.3. The fraction of sp³-hybridized carbons (Fsp3) is 0.750. The smallest absolute Gasteiger partial charge is 0.0622 e.